The Morgan fingerprint density at radius 2 is 1.68 bits per heavy atom. The average molecular weight is 466 g/mol. The molecule has 8 nitrogen and oxygen atoms in total. The number of carbonyl (C=O) groups is 2. The van der Waals surface area contributed by atoms with Crippen LogP contribution in [-0.4, -0.2) is 59.4 Å². The van der Waals surface area contributed by atoms with Gasteiger partial charge in [-0.05, 0) is 36.8 Å². The lowest BCUT2D eigenvalue weighted by Gasteiger charge is -2.38. The summed E-state index contributed by atoms with van der Waals surface area (Å²) in [5, 5.41) is 12.1. The summed E-state index contributed by atoms with van der Waals surface area (Å²) >= 11 is 11.8. The van der Waals surface area contributed by atoms with Gasteiger partial charge in [0.1, 0.15) is 11.6 Å². The van der Waals surface area contributed by atoms with Crippen molar-refractivity contribution in [1.82, 2.24) is 9.80 Å². The molecule has 1 unspecified atom stereocenters. The lowest BCUT2D eigenvalue weighted by molar-refractivity contribution is -0.385. The van der Waals surface area contributed by atoms with Gasteiger partial charge >= 0.3 is 5.97 Å². The lowest BCUT2D eigenvalue weighted by Crippen LogP contribution is -2.51. The summed E-state index contributed by atoms with van der Waals surface area (Å²) in [5.74, 6) is -0.819. The van der Waals surface area contributed by atoms with E-state index in [2.05, 4.69) is 0 Å². The van der Waals surface area contributed by atoms with E-state index in [-0.39, 0.29) is 28.8 Å². The number of benzene rings is 2. The molecule has 164 valence electrons. The molecule has 0 aliphatic carbocycles. The molecule has 2 aromatic rings. The molecule has 10 heteroatoms. The number of halogens is 2. The van der Waals surface area contributed by atoms with Gasteiger partial charge in [-0.15, -0.1) is 0 Å². The molecule has 0 spiro atoms. The summed E-state index contributed by atoms with van der Waals surface area (Å²) in [7, 11) is 0. The van der Waals surface area contributed by atoms with Crippen LogP contribution in [0.3, 0.4) is 0 Å². The number of esters is 1. The Kier molecular flexibility index (Phi) is 7.48. The highest BCUT2D eigenvalue weighted by Gasteiger charge is 2.34. The lowest BCUT2D eigenvalue weighted by atomic mass is 10.0. The normalized spacial score (nSPS) is 15.4. The first kappa shape index (κ1) is 23.0. The Morgan fingerprint density at radius 3 is 2.26 bits per heavy atom. The number of hydrogen-bond acceptors (Lipinski definition) is 6. The number of nitro benzene ring substituents is 1. The zero-order valence-corrected chi connectivity index (χ0v) is 18.3. The standard InChI is InChI=1S/C21H21Cl2N3O5/c1-2-31-21(28)19(14-3-5-15(22)6-4-14)24-9-11-25(12-10-24)20(27)17-8-7-16(23)13-18(17)26(29)30/h3-8,13,19H,2,9-12H2,1H3. The van der Waals surface area contributed by atoms with E-state index in [9.17, 15) is 19.7 Å². The van der Waals surface area contributed by atoms with Crippen LogP contribution in [0.25, 0.3) is 0 Å². The molecule has 1 aliphatic heterocycles. The summed E-state index contributed by atoms with van der Waals surface area (Å²) in [4.78, 5) is 39.7. The molecule has 1 heterocycles. The summed E-state index contributed by atoms with van der Waals surface area (Å²) < 4.78 is 5.26. The van der Waals surface area contributed by atoms with E-state index in [1.165, 1.54) is 23.1 Å². The zero-order chi connectivity index (χ0) is 22.5. The third kappa shape index (κ3) is 5.33. The Bertz CT molecular complexity index is 975. The Hall–Kier alpha value is -2.68. The zero-order valence-electron chi connectivity index (χ0n) is 16.8. The first-order valence-electron chi connectivity index (χ1n) is 9.71. The van der Waals surface area contributed by atoms with Gasteiger partial charge in [0.15, 0.2) is 0 Å². The van der Waals surface area contributed by atoms with Crippen LogP contribution in [0.4, 0.5) is 5.69 Å². The third-order valence-corrected chi connectivity index (χ3v) is 5.54. The Morgan fingerprint density at radius 1 is 1.06 bits per heavy atom. The fraction of sp³-hybridized carbons (Fsp3) is 0.333. The Labute approximate surface area is 189 Å². The molecule has 0 bridgehead atoms. The van der Waals surface area contributed by atoms with Crippen LogP contribution in [0, 0.1) is 10.1 Å². The van der Waals surface area contributed by atoms with Crippen molar-refractivity contribution in [3.8, 4) is 0 Å². The topological polar surface area (TPSA) is 93.0 Å². The highest BCUT2D eigenvalue weighted by molar-refractivity contribution is 6.31. The number of carbonyl (C=O) groups excluding carboxylic acids is 2. The minimum Gasteiger partial charge on any atom is -0.465 e. The molecule has 3 rings (SSSR count). The number of rotatable bonds is 6. The molecule has 1 aliphatic rings. The van der Waals surface area contributed by atoms with Crippen LogP contribution in [0.1, 0.15) is 28.9 Å². The number of piperazine rings is 1. The predicted molar refractivity (Wildman–Crippen MR) is 116 cm³/mol. The maximum Gasteiger partial charge on any atom is 0.328 e. The second-order valence-corrected chi connectivity index (χ2v) is 7.83. The quantitative estimate of drug-likeness (QED) is 0.364. The van der Waals surface area contributed by atoms with Crippen molar-refractivity contribution >= 4 is 40.8 Å². The van der Waals surface area contributed by atoms with Crippen molar-refractivity contribution < 1.29 is 19.2 Å². The highest BCUT2D eigenvalue weighted by Crippen LogP contribution is 2.28. The summed E-state index contributed by atoms with van der Waals surface area (Å²) in [6, 6.07) is 10.3. The van der Waals surface area contributed by atoms with Crippen molar-refractivity contribution in [3.05, 3.63) is 73.8 Å². The van der Waals surface area contributed by atoms with Crippen molar-refractivity contribution in [2.24, 2.45) is 0 Å². The van der Waals surface area contributed by atoms with E-state index in [1.807, 2.05) is 4.90 Å². The van der Waals surface area contributed by atoms with Crippen LogP contribution >= 0.6 is 23.2 Å². The molecule has 0 aromatic heterocycles. The molecule has 0 saturated carbocycles. The number of hydrogen-bond donors (Lipinski definition) is 0. The van der Waals surface area contributed by atoms with Crippen molar-refractivity contribution in [2.45, 2.75) is 13.0 Å². The highest BCUT2D eigenvalue weighted by atomic mass is 35.5. The predicted octanol–water partition coefficient (Wildman–Crippen LogP) is 3.96. The van der Waals surface area contributed by atoms with Gasteiger partial charge in [-0.3, -0.25) is 19.8 Å². The molecule has 0 radical (unpaired) electrons. The van der Waals surface area contributed by atoms with E-state index in [1.54, 1.807) is 31.2 Å². The van der Waals surface area contributed by atoms with Crippen LogP contribution in [0.2, 0.25) is 10.0 Å². The first-order chi connectivity index (χ1) is 14.8. The number of ether oxygens (including phenoxy) is 1. The van der Waals surface area contributed by atoms with E-state index >= 15 is 0 Å². The molecule has 1 amide bonds. The van der Waals surface area contributed by atoms with Crippen LogP contribution in [-0.2, 0) is 9.53 Å². The van der Waals surface area contributed by atoms with Crippen molar-refractivity contribution in [1.29, 1.82) is 0 Å². The van der Waals surface area contributed by atoms with E-state index in [4.69, 9.17) is 27.9 Å². The largest absolute Gasteiger partial charge is 0.465 e. The average Bonchev–Trinajstić information content (AvgIpc) is 2.75. The van der Waals surface area contributed by atoms with Gasteiger partial charge in [0.25, 0.3) is 11.6 Å². The first-order valence-corrected chi connectivity index (χ1v) is 10.5. The van der Waals surface area contributed by atoms with Gasteiger partial charge in [0.2, 0.25) is 0 Å². The van der Waals surface area contributed by atoms with Gasteiger partial charge in [-0.1, -0.05) is 35.3 Å². The molecule has 2 aromatic carbocycles. The molecule has 31 heavy (non-hydrogen) atoms. The number of nitro groups is 1. The summed E-state index contributed by atoms with van der Waals surface area (Å²) in [6.45, 7) is 3.41. The maximum absolute atomic E-state index is 12.9. The smallest absolute Gasteiger partial charge is 0.328 e. The molecule has 0 N–H and O–H groups in total. The fourth-order valence-electron chi connectivity index (χ4n) is 3.55. The van der Waals surface area contributed by atoms with Gasteiger partial charge in [-0.2, -0.15) is 0 Å². The molecule has 1 saturated heterocycles. The second-order valence-electron chi connectivity index (χ2n) is 6.95. The SMILES string of the molecule is CCOC(=O)C(c1ccc(Cl)cc1)N1CCN(C(=O)c2ccc(Cl)cc2[N+](=O)[O-])CC1. The monoisotopic (exact) mass is 465 g/mol. The van der Waals surface area contributed by atoms with Gasteiger partial charge in [0, 0.05) is 42.3 Å². The number of nitrogens with zero attached hydrogens (tertiary/aromatic N) is 3. The van der Waals surface area contributed by atoms with E-state index in [0.29, 0.717) is 31.2 Å². The molecule has 1 fully saturated rings. The van der Waals surface area contributed by atoms with E-state index < -0.39 is 16.9 Å². The number of amides is 1. The van der Waals surface area contributed by atoms with Crippen LogP contribution in [0.5, 0.6) is 0 Å². The van der Waals surface area contributed by atoms with Gasteiger partial charge in [-0.25, -0.2) is 4.79 Å². The fourth-order valence-corrected chi connectivity index (χ4v) is 3.84. The third-order valence-electron chi connectivity index (χ3n) is 5.05. The van der Waals surface area contributed by atoms with Crippen molar-refractivity contribution in [3.63, 3.8) is 0 Å². The maximum atomic E-state index is 12.9. The Balaban J connectivity index is 1.76. The molecular weight excluding hydrogens is 445 g/mol. The second kappa shape index (κ2) is 10.1. The minimum absolute atomic E-state index is 0.0116. The molecular formula is C21H21Cl2N3O5. The van der Waals surface area contributed by atoms with Gasteiger partial charge in [0.05, 0.1) is 11.5 Å². The van der Waals surface area contributed by atoms with Crippen LogP contribution in [0.15, 0.2) is 42.5 Å². The molecule has 1 atom stereocenters. The van der Waals surface area contributed by atoms with Gasteiger partial charge < -0.3 is 9.64 Å². The van der Waals surface area contributed by atoms with Crippen molar-refractivity contribution in [2.75, 3.05) is 32.8 Å². The summed E-state index contributed by atoms with van der Waals surface area (Å²) in [6.07, 6.45) is 0. The minimum atomic E-state index is -0.626. The van der Waals surface area contributed by atoms with Crippen LogP contribution < -0.4 is 0 Å². The summed E-state index contributed by atoms with van der Waals surface area (Å²) in [5.41, 5.74) is 0.406. The van der Waals surface area contributed by atoms with E-state index in [0.717, 1.165) is 5.56 Å².